The summed E-state index contributed by atoms with van der Waals surface area (Å²) in [6.07, 6.45) is 0.671. The van der Waals surface area contributed by atoms with Crippen LogP contribution in [0.5, 0.6) is 5.75 Å². The van der Waals surface area contributed by atoms with Crippen molar-refractivity contribution in [1.29, 1.82) is 0 Å². The fraction of sp³-hybridized carbons (Fsp3) is 0.300. The third-order valence-corrected chi connectivity index (χ3v) is 3.93. The maximum absolute atomic E-state index is 5.65. The molecule has 5 nitrogen and oxygen atoms in total. The van der Waals surface area contributed by atoms with E-state index in [0.717, 1.165) is 11.3 Å². The van der Waals surface area contributed by atoms with E-state index >= 15 is 0 Å². The summed E-state index contributed by atoms with van der Waals surface area (Å²) in [5.74, 6) is 2.20. The van der Waals surface area contributed by atoms with E-state index in [1.54, 1.807) is 0 Å². The quantitative estimate of drug-likeness (QED) is 0.675. The summed E-state index contributed by atoms with van der Waals surface area (Å²) < 4.78 is 11.1. The van der Waals surface area contributed by atoms with Gasteiger partial charge in [0, 0.05) is 18.5 Å². The molecule has 5 heteroatoms. The molecule has 130 valence electrons. The minimum Gasteiger partial charge on any atom is -0.494 e. The molecular formula is C20H23N3O2. The van der Waals surface area contributed by atoms with Crippen LogP contribution < -0.4 is 10.1 Å². The first-order valence-electron chi connectivity index (χ1n) is 8.56. The minimum atomic E-state index is -0.0355. The van der Waals surface area contributed by atoms with Crippen molar-refractivity contribution in [2.45, 2.75) is 32.9 Å². The second-order valence-corrected chi connectivity index (χ2v) is 5.85. The normalized spacial score (nSPS) is 12.1. The molecule has 0 amide bonds. The molecule has 1 heterocycles. The minimum absolute atomic E-state index is 0.0355. The third kappa shape index (κ3) is 4.67. The molecule has 2 aromatic carbocycles. The number of nitrogens with zero attached hydrogens (tertiary/aromatic N) is 2. The van der Waals surface area contributed by atoms with Crippen LogP contribution in [0.3, 0.4) is 0 Å². The molecule has 0 aliphatic carbocycles. The Balaban J connectivity index is 1.60. The number of aromatic nitrogens is 2. The molecule has 0 radical (unpaired) electrons. The molecule has 3 rings (SSSR count). The Hall–Kier alpha value is -2.66. The SMILES string of the molecule is CCOc1ccccc1CNC(C)c1nc(Cc2ccccc2)no1. The number of nitrogens with one attached hydrogen (secondary N) is 1. The fourth-order valence-corrected chi connectivity index (χ4v) is 2.59. The smallest absolute Gasteiger partial charge is 0.243 e. The van der Waals surface area contributed by atoms with E-state index in [0.29, 0.717) is 31.3 Å². The van der Waals surface area contributed by atoms with Gasteiger partial charge in [-0.2, -0.15) is 4.98 Å². The van der Waals surface area contributed by atoms with Gasteiger partial charge in [-0.05, 0) is 25.5 Å². The summed E-state index contributed by atoms with van der Waals surface area (Å²) in [5.41, 5.74) is 2.28. The molecule has 1 N–H and O–H groups in total. The van der Waals surface area contributed by atoms with Crippen LogP contribution >= 0.6 is 0 Å². The van der Waals surface area contributed by atoms with Gasteiger partial charge in [-0.1, -0.05) is 53.7 Å². The van der Waals surface area contributed by atoms with Gasteiger partial charge in [0.2, 0.25) is 5.89 Å². The van der Waals surface area contributed by atoms with Crippen molar-refractivity contribution < 1.29 is 9.26 Å². The van der Waals surface area contributed by atoms with Gasteiger partial charge < -0.3 is 14.6 Å². The van der Waals surface area contributed by atoms with Crippen LogP contribution in [0.25, 0.3) is 0 Å². The standard InChI is InChI=1S/C20H23N3O2/c1-3-24-18-12-8-7-11-17(18)14-21-15(2)20-22-19(23-25-20)13-16-9-5-4-6-10-16/h4-12,15,21H,3,13-14H2,1-2H3. The Morgan fingerprint density at radius 3 is 2.64 bits per heavy atom. The lowest BCUT2D eigenvalue weighted by Crippen LogP contribution is -2.19. The van der Waals surface area contributed by atoms with Gasteiger partial charge in [0.1, 0.15) is 5.75 Å². The number of hydrogen-bond acceptors (Lipinski definition) is 5. The number of ether oxygens (including phenoxy) is 1. The molecule has 0 aliphatic heterocycles. The lowest BCUT2D eigenvalue weighted by atomic mass is 10.1. The first-order chi connectivity index (χ1) is 12.3. The van der Waals surface area contributed by atoms with Crippen LogP contribution in [0.4, 0.5) is 0 Å². The van der Waals surface area contributed by atoms with E-state index < -0.39 is 0 Å². The predicted molar refractivity (Wildman–Crippen MR) is 96.4 cm³/mol. The monoisotopic (exact) mass is 337 g/mol. The lowest BCUT2D eigenvalue weighted by molar-refractivity contribution is 0.325. The average molecular weight is 337 g/mol. The molecule has 0 aliphatic rings. The van der Waals surface area contributed by atoms with E-state index in [-0.39, 0.29) is 6.04 Å². The van der Waals surface area contributed by atoms with Crippen LogP contribution in [-0.2, 0) is 13.0 Å². The maximum atomic E-state index is 5.65. The largest absolute Gasteiger partial charge is 0.494 e. The van der Waals surface area contributed by atoms with Crippen LogP contribution in [-0.4, -0.2) is 16.7 Å². The van der Waals surface area contributed by atoms with Gasteiger partial charge in [0.25, 0.3) is 0 Å². The van der Waals surface area contributed by atoms with Crippen molar-refractivity contribution in [2.75, 3.05) is 6.61 Å². The van der Waals surface area contributed by atoms with Crippen LogP contribution in [0.2, 0.25) is 0 Å². The molecule has 3 aromatic rings. The Bertz CT molecular complexity index is 786. The van der Waals surface area contributed by atoms with Crippen molar-refractivity contribution >= 4 is 0 Å². The van der Waals surface area contributed by atoms with Gasteiger partial charge in [0.15, 0.2) is 5.82 Å². The highest BCUT2D eigenvalue weighted by Crippen LogP contribution is 2.19. The zero-order valence-corrected chi connectivity index (χ0v) is 14.6. The summed E-state index contributed by atoms with van der Waals surface area (Å²) >= 11 is 0. The second kappa shape index (κ2) is 8.44. The summed E-state index contributed by atoms with van der Waals surface area (Å²) in [4.78, 5) is 4.50. The van der Waals surface area contributed by atoms with Crippen LogP contribution in [0.1, 0.15) is 42.7 Å². The lowest BCUT2D eigenvalue weighted by Gasteiger charge is -2.13. The molecular weight excluding hydrogens is 314 g/mol. The molecule has 1 atom stereocenters. The highest BCUT2D eigenvalue weighted by Gasteiger charge is 2.15. The molecule has 0 fully saturated rings. The first-order valence-corrected chi connectivity index (χ1v) is 8.56. The first kappa shape index (κ1) is 17.2. The number of rotatable bonds is 8. The average Bonchev–Trinajstić information content (AvgIpc) is 3.10. The van der Waals surface area contributed by atoms with Crippen molar-refractivity contribution in [3.05, 3.63) is 77.4 Å². The number of benzene rings is 2. The van der Waals surface area contributed by atoms with Gasteiger partial charge >= 0.3 is 0 Å². The molecule has 25 heavy (non-hydrogen) atoms. The molecule has 0 spiro atoms. The van der Waals surface area contributed by atoms with Crippen LogP contribution in [0.15, 0.2) is 59.1 Å². The summed E-state index contributed by atoms with van der Waals surface area (Å²) in [6, 6.07) is 18.1. The zero-order chi connectivity index (χ0) is 17.5. The van der Waals surface area contributed by atoms with E-state index in [4.69, 9.17) is 9.26 Å². The maximum Gasteiger partial charge on any atom is 0.243 e. The number of para-hydroxylation sites is 1. The Morgan fingerprint density at radius 1 is 1.08 bits per heavy atom. The van der Waals surface area contributed by atoms with Crippen molar-refractivity contribution in [3.63, 3.8) is 0 Å². The Labute approximate surface area is 148 Å². The van der Waals surface area contributed by atoms with Gasteiger partial charge in [-0.25, -0.2) is 0 Å². The van der Waals surface area contributed by atoms with Gasteiger partial charge in [0.05, 0.1) is 12.6 Å². The van der Waals surface area contributed by atoms with Crippen LogP contribution in [0, 0.1) is 0 Å². The summed E-state index contributed by atoms with van der Waals surface area (Å²) in [7, 11) is 0. The summed E-state index contributed by atoms with van der Waals surface area (Å²) in [5, 5.41) is 7.50. The zero-order valence-electron chi connectivity index (χ0n) is 14.6. The summed E-state index contributed by atoms with van der Waals surface area (Å²) in [6.45, 7) is 5.33. The topological polar surface area (TPSA) is 60.2 Å². The van der Waals surface area contributed by atoms with Crippen molar-refractivity contribution in [2.24, 2.45) is 0 Å². The van der Waals surface area contributed by atoms with Crippen molar-refractivity contribution in [1.82, 2.24) is 15.5 Å². The molecule has 0 saturated carbocycles. The fourth-order valence-electron chi connectivity index (χ4n) is 2.59. The third-order valence-electron chi connectivity index (χ3n) is 3.93. The molecule has 0 saturated heterocycles. The molecule has 1 unspecified atom stereocenters. The van der Waals surface area contributed by atoms with E-state index in [1.807, 2.05) is 50.2 Å². The van der Waals surface area contributed by atoms with E-state index in [2.05, 4.69) is 33.7 Å². The van der Waals surface area contributed by atoms with E-state index in [1.165, 1.54) is 5.56 Å². The Morgan fingerprint density at radius 2 is 1.84 bits per heavy atom. The van der Waals surface area contributed by atoms with Gasteiger partial charge in [-0.15, -0.1) is 0 Å². The molecule has 0 bridgehead atoms. The molecule has 1 aromatic heterocycles. The van der Waals surface area contributed by atoms with Crippen molar-refractivity contribution in [3.8, 4) is 5.75 Å². The second-order valence-electron chi connectivity index (χ2n) is 5.85. The predicted octanol–water partition coefficient (Wildman–Crippen LogP) is 3.91. The highest BCUT2D eigenvalue weighted by molar-refractivity contribution is 5.33. The van der Waals surface area contributed by atoms with Gasteiger partial charge in [-0.3, -0.25) is 0 Å². The highest BCUT2D eigenvalue weighted by atomic mass is 16.5. The number of hydrogen-bond donors (Lipinski definition) is 1. The Kier molecular flexibility index (Phi) is 5.80. The van der Waals surface area contributed by atoms with E-state index in [9.17, 15) is 0 Å².